The van der Waals surface area contributed by atoms with E-state index in [1.54, 1.807) is 0 Å². The molecule has 10 nitrogen and oxygen atoms in total. The van der Waals surface area contributed by atoms with Gasteiger partial charge in [-0.15, -0.1) is 0 Å². The summed E-state index contributed by atoms with van der Waals surface area (Å²) in [6.07, 6.45) is 1.63. The van der Waals surface area contributed by atoms with E-state index < -0.39 is 11.5 Å². The summed E-state index contributed by atoms with van der Waals surface area (Å²) in [5.41, 5.74) is 2.46. The first-order valence-corrected chi connectivity index (χ1v) is 14.2. The highest BCUT2D eigenvalue weighted by molar-refractivity contribution is 6.03. The van der Waals surface area contributed by atoms with Crippen molar-refractivity contribution in [2.45, 2.75) is 58.5 Å². The number of imide groups is 1. The maximum Gasteiger partial charge on any atom is 0.410 e. The Balaban J connectivity index is 1.20. The largest absolute Gasteiger partial charge is 0.444 e. The van der Waals surface area contributed by atoms with E-state index in [0.717, 1.165) is 74.5 Å². The molecule has 1 aromatic carbocycles. The van der Waals surface area contributed by atoms with Gasteiger partial charge in [0.25, 0.3) is 0 Å². The zero-order valence-corrected chi connectivity index (χ0v) is 23.9. The molecule has 10 heteroatoms. The highest BCUT2D eigenvalue weighted by Gasteiger charge is 2.34. The molecule has 3 aliphatic rings. The number of amides is 3. The van der Waals surface area contributed by atoms with Crippen LogP contribution in [0.5, 0.6) is 0 Å². The van der Waals surface area contributed by atoms with Crippen molar-refractivity contribution in [3.63, 3.8) is 0 Å². The van der Waals surface area contributed by atoms with Gasteiger partial charge in [0.15, 0.2) is 0 Å². The molecule has 3 atom stereocenters. The molecular formula is C29H42N6O4. The molecular weight excluding hydrogens is 496 g/mol. The van der Waals surface area contributed by atoms with Crippen molar-refractivity contribution in [1.29, 1.82) is 0 Å². The van der Waals surface area contributed by atoms with Crippen LogP contribution in [0.15, 0.2) is 18.2 Å². The third-order valence-electron chi connectivity index (χ3n) is 8.38. The molecule has 1 aromatic heterocycles. The number of aromatic nitrogens is 2. The van der Waals surface area contributed by atoms with Gasteiger partial charge < -0.3 is 14.5 Å². The number of rotatable bonds is 4. The number of nitrogens with zero attached hydrogens (tertiary/aromatic N) is 5. The van der Waals surface area contributed by atoms with Gasteiger partial charge in [0, 0.05) is 64.7 Å². The van der Waals surface area contributed by atoms with E-state index in [0.29, 0.717) is 24.7 Å². The summed E-state index contributed by atoms with van der Waals surface area (Å²) in [5.74, 6) is 0.127. The van der Waals surface area contributed by atoms with Gasteiger partial charge in [0.1, 0.15) is 5.60 Å². The van der Waals surface area contributed by atoms with Gasteiger partial charge in [0.2, 0.25) is 11.8 Å². The van der Waals surface area contributed by atoms with Gasteiger partial charge in [-0.3, -0.25) is 24.5 Å². The molecule has 212 valence electrons. The molecule has 5 rings (SSSR count). The number of carbonyl (C=O) groups is 3. The number of carbonyl (C=O) groups excluding carboxylic acids is 3. The number of piperazine rings is 1. The second kappa shape index (κ2) is 10.8. The van der Waals surface area contributed by atoms with E-state index in [-0.39, 0.29) is 17.9 Å². The molecule has 0 aliphatic carbocycles. The Morgan fingerprint density at radius 2 is 1.85 bits per heavy atom. The normalized spacial score (nSPS) is 25.2. The number of benzene rings is 1. The highest BCUT2D eigenvalue weighted by Crippen LogP contribution is 2.35. The first-order valence-electron chi connectivity index (χ1n) is 14.2. The van der Waals surface area contributed by atoms with Crippen molar-refractivity contribution in [3.8, 4) is 0 Å². The van der Waals surface area contributed by atoms with Crippen LogP contribution in [0.4, 0.5) is 10.5 Å². The second-order valence-electron chi connectivity index (χ2n) is 12.4. The van der Waals surface area contributed by atoms with Gasteiger partial charge in [0.05, 0.1) is 22.8 Å². The molecule has 1 unspecified atom stereocenters. The Labute approximate surface area is 230 Å². The van der Waals surface area contributed by atoms with Gasteiger partial charge in [-0.2, -0.15) is 5.10 Å². The zero-order valence-electron chi connectivity index (χ0n) is 23.9. The van der Waals surface area contributed by atoms with E-state index in [9.17, 15) is 14.4 Å². The summed E-state index contributed by atoms with van der Waals surface area (Å²) in [6.45, 7) is 14.3. The third-order valence-corrected chi connectivity index (χ3v) is 8.38. The van der Waals surface area contributed by atoms with Crippen molar-refractivity contribution in [3.05, 3.63) is 23.9 Å². The quantitative estimate of drug-likeness (QED) is 0.597. The molecule has 4 heterocycles. The average Bonchev–Trinajstić information content (AvgIpc) is 3.21. The van der Waals surface area contributed by atoms with Crippen molar-refractivity contribution in [2.24, 2.45) is 18.9 Å². The van der Waals surface area contributed by atoms with Crippen LogP contribution >= 0.6 is 0 Å². The summed E-state index contributed by atoms with van der Waals surface area (Å²) in [6, 6.07) is 6.22. The fourth-order valence-electron chi connectivity index (χ4n) is 6.27. The minimum Gasteiger partial charge on any atom is -0.444 e. The van der Waals surface area contributed by atoms with Gasteiger partial charge in [-0.25, -0.2) is 4.79 Å². The van der Waals surface area contributed by atoms with Gasteiger partial charge in [-0.1, -0.05) is 19.1 Å². The topological polar surface area (TPSA) is 100 Å². The number of nitrogens with one attached hydrogen (secondary N) is 1. The summed E-state index contributed by atoms with van der Waals surface area (Å²) >= 11 is 0. The van der Waals surface area contributed by atoms with Crippen LogP contribution in [0.1, 0.15) is 58.6 Å². The van der Waals surface area contributed by atoms with E-state index in [1.807, 2.05) is 49.5 Å². The molecule has 3 aliphatic heterocycles. The molecule has 3 saturated heterocycles. The highest BCUT2D eigenvalue weighted by atomic mass is 16.6. The Hall–Kier alpha value is -3.14. The van der Waals surface area contributed by atoms with Crippen molar-refractivity contribution < 1.29 is 19.1 Å². The lowest BCUT2D eigenvalue weighted by molar-refractivity contribution is -0.134. The molecule has 39 heavy (non-hydrogen) atoms. The maximum absolute atomic E-state index is 12.6. The number of likely N-dealkylation sites (tertiary alicyclic amines) is 1. The van der Waals surface area contributed by atoms with Gasteiger partial charge >= 0.3 is 6.09 Å². The molecule has 1 N–H and O–H groups in total. The number of hydrogen-bond acceptors (Lipinski definition) is 7. The summed E-state index contributed by atoms with van der Waals surface area (Å²) in [4.78, 5) is 43.5. The van der Waals surface area contributed by atoms with Crippen LogP contribution in [-0.2, 0) is 21.4 Å². The predicted molar refractivity (Wildman–Crippen MR) is 150 cm³/mol. The minimum atomic E-state index is -0.469. The number of para-hydroxylation sites is 1. The summed E-state index contributed by atoms with van der Waals surface area (Å²) in [7, 11) is 1.93. The lowest BCUT2D eigenvalue weighted by Gasteiger charge is -2.42. The van der Waals surface area contributed by atoms with Gasteiger partial charge in [-0.05, 0) is 51.5 Å². The van der Waals surface area contributed by atoms with Crippen LogP contribution in [0.25, 0.3) is 10.9 Å². The molecule has 0 radical (unpaired) electrons. The van der Waals surface area contributed by atoms with Crippen molar-refractivity contribution in [2.75, 3.05) is 50.7 Å². The smallest absolute Gasteiger partial charge is 0.410 e. The maximum atomic E-state index is 12.6. The Kier molecular flexibility index (Phi) is 7.59. The molecule has 3 amide bonds. The summed E-state index contributed by atoms with van der Waals surface area (Å²) in [5, 5.41) is 8.21. The van der Waals surface area contributed by atoms with Crippen molar-refractivity contribution >= 4 is 34.5 Å². The van der Waals surface area contributed by atoms with Crippen LogP contribution in [0.2, 0.25) is 0 Å². The molecule has 0 bridgehead atoms. The Bertz CT molecular complexity index is 1240. The average molecular weight is 539 g/mol. The monoisotopic (exact) mass is 538 g/mol. The Morgan fingerprint density at radius 1 is 1.10 bits per heavy atom. The lowest BCUT2D eigenvalue weighted by Crippen LogP contribution is -2.51. The first kappa shape index (κ1) is 27.4. The molecule has 0 saturated carbocycles. The second-order valence-corrected chi connectivity index (χ2v) is 12.4. The van der Waals surface area contributed by atoms with E-state index in [1.165, 1.54) is 0 Å². The van der Waals surface area contributed by atoms with E-state index >= 15 is 0 Å². The number of ether oxygens (including phenoxy) is 1. The zero-order chi connectivity index (χ0) is 27.9. The number of anilines is 1. The molecule has 2 aromatic rings. The Morgan fingerprint density at radius 3 is 2.51 bits per heavy atom. The van der Waals surface area contributed by atoms with Crippen LogP contribution in [0.3, 0.4) is 0 Å². The van der Waals surface area contributed by atoms with E-state index in [2.05, 4.69) is 28.1 Å². The van der Waals surface area contributed by atoms with Crippen molar-refractivity contribution in [1.82, 2.24) is 24.9 Å². The summed E-state index contributed by atoms with van der Waals surface area (Å²) < 4.78 is 7.47. The number of piperidine rings is 2. The predicted octanol–water partition coefficient (Wildman–Crippen LogP) is 3.11. The number of hydrogen-bond donors (Lipinski definition) is 1. The minimum absolute atomic E-state index is 0.202. The molecule has 3 fully saturated rings. The van der Waals surface area contributed by atoms with Crippen LogP contribution in [-0.4, -0.2) is 88.9 Å². The number of aryl methyl sites for hydroxylation is 1. The fourth-order valence-corrected chi connectivity index (χ4v) is 6.27. The van der Waals surface area contributed by atoms with E-state index in [4.69, 9.17) is 9.84 Å². The number of fused-ring (bicyclic) bond motifs is 1. The fraction of sp³-hybridized carbons (Fsp3) is 0.655. The lowest BCUT2D eigenvalue weighted by atomic mass is 9.86. The third kappa shape index (κ3) is 5.90. The van der Waals surface area contributed by atoms with Crippen LogP contribution < -0.4 is 10.2 Å². The SMILES string of the molecule is C[C@@H]1CN(C(=O)OC(C)(C)C)CC[C@H]1CN1CCN(c2cccc3c(C4CCC(=O)NC4=O)nn(C)c23)CC1. The first-order chi connectivity index (χ1) is 18.5. The van der Waals surface area contributed by atoms with Crippen LogP contribution in [0, 0.1) is 11.8 Å². The standard InChI is InChI=1S/C29H42N6O4/c1-19-17-35(28(38)39-29(2,3)4)12-11-20(19)18-33-13-15-34(16-14-33)23-8-6-7-21-25(31-32(5)26(21)23)22-9-10-24(36)30-27(22)37/h6-8,19-20,22H,9-18H2,1-5H3,(H,30,36,37)/t19-,20+,22?/m1/s1. The molecule has 0 spiro atoms.